The molecule has 16 heavy (non-hydrogen) atoms. The van der Waals surface area contributed by atoms with Crippen molar-refractivity contribution >= 4 is 17.9 Å². The molecule has 92 valence electrons. The Morgan fingerprint density at radius 2 is 1.88 bits per heavy atom. The van der Waals surface area contributed by atoms with Gasteiger partial charge >= 0.3 is 12.0 Å². The minimum atomic E-state index is -1.14. The van der Waals surface area contributed by atoms with Crippen molar-refractivity contribution in [2.24, 2.45) is 11.7 Å². The molecule has 7 nitrogen and oxygen atoms in total. The Balaban J connectivity index is 4.31. The van der Waals surface area contributed by atoms with E-state index < -0.39 is 30.5 Å². The number of primary amides is 1. The van der Waals surface area contributed by atoms with Crippen LogP contribution in [0.25, 0.3) is 0 Å². The molecule has 0 aromatic carbocycles. The van der Waals surface area contributed by atoms with Gasteiger partial charge in [0.2, 0.25) is 5.91 Å². The summed E-state index contributed by atoms with van der Waals surface area (Å²) in [6.45, 7) is 3.27. The van der Waals surface area contributed by atoms with Crippen molar-refractivity contribution in [3.05, 3.63) is 0 Å². The Labute approximate surface area is 93.4 Å². The van der Waals surface area contributed by atoms with Crippen LogP contribution >= 0.6 is 0 Å². The second-order valence-electron chi connectivity index (χ2n) is 3.80. The van der Waals surface area contributed by atoms with Gasteiger partial charge in [0.15, 0.2) is 0 Å². The molecular weight excluding hydrogens is 214 g/mol. The van der Waals surface area contributed by atoms with E-state index in [1.165, 1.54) is 0 Å². The standard InChI is InChI=1S/C9H17N3O4/c1-5(2)3-6(12-9(10)16)8(15)11-4-7(13)14/h5-6H,3-4H2,1-2H3,(H,11,15)(H,13,14)(H3,10,12,16)/t6-/m0/s1. The maximum Gasteiger partial charge on any atom is 0.322 e. The van der Waals surface area contributed by atoms with Crippen LogP contribution in [0.4, 0.5) is 4.79 Å². The number of hydrogen-bond acceptors (Lipinski definition) is 3. The first-order valence-corrected chi connectivity index (χ1v) is 4.88. The van der Waals surface area contributed by atoms with E-state index in [2.05, 4.69) is 10.6 Å². The van der Waals surface area contributed by atoms with Crippen LogP contribution in [-0.2, 0) is 9.59 Å². The lowest BCUT2D eigenvalue weighted by molar-refractivity contribution is -0.138. The molecule has 7 heteroatoms. The third-order valence-electron chi connectivity index (χ3n) is 1.75. The first-order valence-electron chi connectivity index (χ1n) is 4.88. The summed E-state index contributed by atoms with van der Waals surface area (Å²) in [5, 5.41) is 12.8. The molecule has 0 heterocycles. The fraction of sp³-hybridized carbons (Fsp3) is 0.667. The Morgan fingerprint density at radius 3 is 2.25 bits per heavy atom. The summed E-state index contributed by atoms with van der Waals surface area (Å²) < 4.78 is 0. The van der Waals surface area contributed by atoms with Crippen molar-refractivity contribution in [1.29, 1.82) is 0 Å². The van der Waals surface area contributed by atoms with Gasteiger partial charge < -0.3 is 21.5 Å². The van der Waals surface area contributed by atoms with Crippen LogP contribution in [0, 0.1) is 5.92 Å². The van der Waals surface area contributed by atoms with Crippen molar-refractivity contribution in [1.82, 2.24) is 10.6 Å². The van der Waals surface area contributed by atoms with Gasteiger partial charge in [-0.15, -0.1) is 0 Å². The first kappa shape index (κ1) is 14.2. The molecule has 0 rings (SSSR count). The van der Waals surface area contributed by atoms with Crippen LogP contribution in [0.2, 0.25) is 0 Å². The van der Waals surface area contributed by atoms with E-state index in [9.17, 15) is 14.4 Å². The van der Waals surface area contributed by atoms with E-state index in [4.69, 9.17) is 10.8 Å². The fourth-order valence-corrected chi connectivity index (χ4v) is 1.16. The highest BCUT2D eigenvalue weighted by molar-refractivity contribution is 5.88. The molecule has 0 fully saturated rings. The molecule has 0 aliphatic rings. The van der Waals surface area contributed by atoms with Crippen LogP contribution in [0.1, 0.15) is 20.3 Å². The molecule has 1 atom stereocenters. The summed E-state index contributed by atoms with van der Waals surface area (Å²) in [4.78, 5) is 32.4. The van der Waals surface area contributed by atoms with Gasteiger partial charge in [0.25, 0.3) is 0 Å². The molecule has 0 saturated heterocycles. The van der Waals surface area contributed by atoms with Gasteiger partial charge in [0.05, 0.1) is 0 Å². The third kappa shape index (κ3) is 6.63. The molecule has 0 aliphatic heterocycles. The summed E-state index contributed by atoms with van der Waals surface area (Å²) >= 11 is 0. The van der Waals surface area contributed by atoms with E-state index >= 15 is 0 Å². The number of amides is 3. The number of hydrogen-bond donors (Lipinski definition) is 4. The highest BCUT2D eigenvalue weighted by Gasteiger charge is 2.21. The van der Waals surface area contributed by atoms with Crippen molar-refractivity contribution in [2.75, 3.05) is 6.54 Å². The van der Waals surface area contributed by atoms with Gasteiger partial charge in [0.1, 0.15) is 12.6 Å². The molecule has 3 amide bonds. The van der Waals surface area contributed by atoms with Crippen LogP contribution < -0.4 is 16.4 Å². The predicted octanol–water partition coefficient (Wildman–Crippen LogP) is -0.730. The number of carboxylic acid groups (broad SMARTS) is 1. The molecule has 0 bridgehead atoms. The summed E-state index contributed by atoms with van der Waals surface area (Å²) in [5.74, 6) is -1.52. The van der Waals surface area contributed by atoms with Crippen molar-refractivity contribution in [3.63, 3.8) is 0 Å². The number of nitrogens with one attached hydrogen (secondary N) is 2. The zero-order valence-corrected chi connectivity index (χ0v) is 9.32. The molecule has 0 saturated carbocycles. The second-order valence-corrected chi connectivity index (χ2v) is 3.80. The lowest BCUT2D eigenvalue weighted by atomic mass is 10.0. The van der Waals surface area contributed by atoms with E-state index in [0.29, 0.717) is 6.42 Å². The van der Waals surface area contributed by atoms with E-state index in [1.54, 1.807) is 0 Å². The number of urea groups is 1. The zero-order chi connectivity index (χ0) is 12.7. The minimum Gasteiger partial charge on any atom is -0.480 e. The molecule has 0 aromatic rings. The van der Waals surface area contributed by atoms with Gasteiger partial charge in [-0.05, 0) is 12.3 Å². The fourth-order valence-electron chi connectivity index (χ4n) is 1.16. The Kier molecular flexibility index (Phi) is 5.91. The highest BCUT2D eigenvalue weighted by atomic mass is 16.4. The molecular formula is C9H17N3O4. The minimum absolute atomic E-state index is 0.174. The number of rotatable bonds is 6. The number of nitrogens with two attached hydrogens (primary N) is 1. The smallest absolute Gasteiger partial charge is 0.322 e. The zero-order valence-electron chi connectivity index (χ0n) is 9.32. The summed E-state index contributed by atoms with van der Waals surface area (Å²) in [6.07, 6.45) is 0.397. The maximum atomic E-state index is 11.5. The molecule has 0 aliphatic carbocycles. The van der Waals surface area contributed by atoms with Crippen molar-refractivity contribution in [3.8, 4) is 0 Å². The average molecular weight is 231 g/mol. The predicted molar refractivity (Wildman–Crippen MR) is 56.6 cm³/mol. The summed E-state index contributed by atoms with van der Waals surface area (Å²) in [6, 6.07) is -1.60. The normalized spacial score (nSPS) is 11.9. The Bertz CT molecular complexity index is 278. The Morgan fingerprint density at radius 1 is 1.31 bits per heavy atom. The van der Waals surface area contributed by atoms with Gasteiger partial charge in [-0.25, -0.2) is 4.79 Å². The lowest BCUT2D eigenvalue weighted by Crippen LogP contribution is -2.50. The van der Waals surface area contributed by atoms with E-state index in [1.807, 2.05) is 13.8 Å². The Hall–Kier alpha value is -1.79. The topological polar surface area (TPSA) is 122 Å². The average Bonchev–Trinajstić information content (AvgIpc) is 2.11. The molecule has 0 radical (unpaired) electrons. The van der Waals surface area contributed by atoms with Crippen LogP contribution in [0.15, 0.2) is 0 Å². The quantitative estimate of drug-likeness (QED) is 0.481. The van der Waals surface area contributed by atoms with Gasteiger partial charge in [-0.2, -0.15) is 0 Å². The SMILES string of the molecule is CC(C)C[C@H](NC(N)=O)C(=O)NCC(=O)O. The van der Waals surface area contributed by atoms with Gasteiger partial charge in [-0.3, -0.25) is 9.59 Å². The highest BCUT2D eigenvalue weighted by Crippen LogP contribution is 2.04. The molecule has 5 N–H and O–H groups in total. The second kappa shape index (κ2) is 6.65. The number of carboxylic acids is 1. The van der Waals surface area contributed by atoms with Gasteiger partial charge in [0, 0.05) is 0 Å². The van der Waals surface area contributed by atoms with Crippen LogP contribution in [0.5, 0.6) is 0 Å². The van der Waals surface area contributed by atoms with Gasteiger partial charge in [-0.1, -0.05) is 13.8 Å². The van der Waals surface area contributed by atoms with Crippen LogP contribution in [0.3, 0.4) is 0 Å². The molecule has 0 unspecified atom stereocenters. The number of carbonyl (C=O) groups is 3. The molecule has 0 aromatic heterocycles. The largest absolute Gasteiger partial charge is 0.480 e. The molecule has 0 spiro atoms. The third-order valence-corrected chi connectivity index (χ3v) is 1.75. The van der Waals surface area contributed by atoms with Crippen molar-refractivity contribution < 1.29 is 19.5 Å². The van der Waals surface area contributed by atoms with E-state index in [0.717, 1.165) is 0 Å². The number of carbonyl (C=O) groups excluding carboxylic acids is 2. The lowest BCUT2D eigenvalue weighted by Gasteiger charge is -2.18. The maximum absolute atomic E-state index is 11.5. The first-order chi connectivity index (χ1) is 7.32. The monoisotopic (exact) mass is 231 g/mol. The van der Waals surface area contributed by atoms with Crippen molar-refractivity contribution in [2.45, 2.75) is 26.3 Å². The number of aliphatic carboxylic acids is 1. The van der Waals surface area contributed by atoms with Crippen LogP contribution in [-0.4, -0.2) is 35.6 Å². The van der Waals surface area contributed by atoms with E-state index in [-0.39, 0.29) is 5.92 Å². The summed E-state index contributed by atoms with van der Waals surface area (Å²) in [7, 11) is 0. The summed E-state index contributed by atoms with van der Waals surface area (Å²) in [5.41, 5.74) is 4.92.